The first-order valence-electron chi connectivity index (χ1n) is 7.97. The van der Waals surface area contributed by atoms with Gasteiger partial charge in [-0.15, -0.1) is 0 Å². The van der Waals surface area contributed by atoms with Gasteiger partial charge in [0, 0.05) is 6.54 Å². The van der Waals surface area contributed by atoms with Crippen LogP contribution in [0.3, 0.4) is 0 Å². The van der Waals surface area contributed by atoms with Crippen molar-refractivity contribution in [2.45, 2.75) is 40.0 Å². The number of aliphatic carboxylic acids is 1. The molecule has 8 nitrogen and oxygen atoms in total. The minimum atomic E-state index is -1.15. The van der Waals surface area contributed by atoms with Crippen LogP contribution in [0.1, 0.15) is 40.0 Å². The highest BCUT2D eigenvalue weighted by atomic mass is 16.5. The number of carboxylic acid groups (broad SMARTS) is 1. The van der Waals surface area contributed by atoms with Crippen LogP contribution in [0.4, 0.5) is 0 Å². The summed E-state index contributed by atoms with van der Waals surface area (Å²) in [5.74, 6) is -4.06. The van der Waals surface area contributed by atoms with Crippen LogP contribution < -0.4 is 0 Å². The van der Waals surface area contributed by atoms with E-state index in [-0.39, 0.29) is 37.4 Å². The van der Waals surface area contributed by atoms with Gasteiger partial charge in [-0.1, -0.05) is 6.92 Å². The predicted octanol–water partition coefficient (Wildman–Crippen LogP) is 1.10. The van der Waals surface area contributed by atoms with E-state index in [0.29, 0.717) is 6.42 Å². The minimum Gasteiger partial charge on any atom is -0.481 e. The highest BCUT2D eigenvalue weighted by Crippen LogP contribution is 2.31. The molecule has 1 amide bonds. The molecule has 0 aromatic heterocycles. The van der Waals surface area contributed by atoms with Crippen molar-refractivity contribution in [3.8, 4) is 0 Å². The number of ether oxygens (including phenoxy) is 2. The third kappa shape index (κ3) is 4.56. The summed E-state index contributed by atoms with van der Waals surface area (Å²) in [6.07, 6.45) is -0.0407. The number of amides is 1. The molecule has 1 rings (SSSR count). The quantitative estimate of drug-likeness (QED) is 0.658. The van der Waals surface area contributed by atoms with Gasteiger partial charge in [0.1, 0.15) is 5.70 Å². The zero-order valence-electron chi connectivity index (χ0n) is 14.2. The van der Waals surface area contributed by atoms with Gasteiger partial charge in [-0.2, -0.15) is 0 Å². The van der Waals surface area contributed by atoms with Gasteiger partial charge in [-0.05, 0) is 26.7 Å². The number of hydrogen-bond donors (Lipinski definition) is 1. The molecule has 0 aromatic carbocycles. The van der Waals surface area contributed by atoms with E-state index in [4.69, 9.17) is 14.6 Å². The van der Waals surface area contributed by atoms with E-state index in [1.54, 1.807) is 20.8 Å². The van der Waals surface area contributed by atoms with Gasteiger partial charge < -0.3 is 19.5 Å². The third-order valence-corrected chi connectivity index (χ3v) is 3.48. The highest BCUT2D eigenvalue weighted by molar-refractivity contribution is 6.05. The largest absolute Gasteiger partial charge is 0.481 e. The van der Waals surface area contributed by atoms with Crippen LogP contribution in [0.25, 0.3) is 0 Å². The smallest absolute Gasteiger partial charge is 0.355 e. The van der Waals surface area contributed by atoms with Crippen molar-refractivity contribution in [1.82, 2.24) is 4.90 Å². The van der Waals surface area contributed by atoms with Crippen molar-refractivity contribution >= 4 is 23.8 Å². The molecule has 134 valence electrons. The lowest BCUT2D eigenvalue weighted by atomic mass is 9.89. The van der Waals surface area contributed by atoms with Gasteiger partial charge in [0.2, 0.25) is 5.91 Å². The fourth-order valence-electron chi connectivity index (χ4n) is 2.57. The molecule has 1 heterocycles. The molecule has 1 aliphatic heterocycles. The number of carbonyl (C=O) groups excluding carboxylic acids is 3. The van der Waals surface area contributed by atoms with Crippen molar-refractivity contribution in [3.05, 3.63) is 11.3 Å². The summed E-state index contributed by atoms with van der Waals surface area (Å²) < 4.78 is 9.93. The van der Waals surface area contributed by atoms with Crippen molar-refractivity contribution in [3.63, 3.8) is 0 Å². The summed E-state index contributed by atoms with van der Waals surface area (Å²) in [7, 11) is 0. The van der Waals surface area contributed by atoms with Crippen LogP contribution in [0.15, 0.2) is 11.3 Å². The van der Waals surface area contributed by atoms with E-state index in [1.165, 1.54) is 0 Å². The Labute approximate surface area is 140 Å². The van der Waals surface area contributed by atoms with Crippen LogP contribution in [0.2, 0.25) is 0 Å². The number of nitrogens with zero attached hydrogens (tertiary/aromatic N) is 1. The molecule has 0 saturated carbocycles. The molecule has 1 unspecified atom stereocenters. The lowest BCUT2D eigenvalue weighted by molar-refractivity contribution is -0.150. The summed E-state index contributed by atoms with van der Waals surface area (Å²) in [6, 6.07) is 0. The van der Waals surface area contributed by atoms with Crippen LogP contribution in [0, 0.1) is 5.92 Å². The Bertz CT molecular complexity index is 553. The Morgan fingerprint density at radius 3 is 2.21 bits per heavy atom. The molecule has 24 heavy (non-hydrogen) atoms. The molecule has 0 aromatic rings. The normalized spacial score (nSPS) is 17.7. The van der Waals surface area contributed by atoms with E-state index in [2.05, 4.69) is 0 Å². The maximum absolute atomic E-state index is 12.6. The molecule has 0 bridgehead atoms. The molecule has 8 heteroatoms. The summed E-state index contributed by atoms with van der Waals surface area (Å²) in [5, 5.41) is 8.99. The van der Waals surface area contributed by atoms with Crippen molar-refractivity contribution in [2.75, 3.05) is 19.8 Å². The van der Waals surface area contributed by atoms with E-state index in [9.17, 15) is 19.2 Å². The van der Waals surface area contributed by atoms with Crippen molar-refractivity contribution in [2.24, 2.45) is 5.92 Å². The second kappa shape index (κ2) is 9.05. The van der Waals surface area contributed by atoms with Crippen LogP contribution >= 0.6 is 0 Å². The Morgan fingerprint density at radius 1 is 1.12 bits per heavy atom. The van der Waals surface area contributed by atoms with Crippen molar-refractivity contribution < 1.29 is 33.8 Å². The predicted molar refractivity (Wildman–Crippen MR) is 82.7 cm³/mol. The van der Waals surface area contributed by atoms with Gasteiger partial charge in [-0.25, -0.2) is 9.59 Å². The molecule has 0 fully saturated rings. The Balaban J connectivity index is 3.38. The van der Waals surface area contributed by atoms with E-state index in [1.807, 2.05) is 0 Å². The molecule has 0 saturated heterocycles. The highest BCUT2D eigenvalue weighted by Gasteiger charge is 2.41. The fourth-order valence-corrected chi connectivity index (χ4v) is 2.57. The second-order valence-electron chi connectivity index (χ2n) is 5.26. The standard InChI is InChI=1S/C16H23NO7/c1-4-7-17-13(16(22)24-6-3)11(15(21)23-5-2)8-10(14(17)20)9-12(18)19/h10H,4-9H2,1-3H3,(H,18,19). The van der Waals surface area contributed by atoms with E-state index < -0.39 is 36.2 Å². The van der Waals surface area contributed by atoms with Gasteiger partial charge in [0.15, 0.2) is 0 Å². The minimum absolute atomic E-state index is 0.00500. The van der Waals surface area contributed by atoms with Crippen LogP contribution in [0.5, 0.6) is 0 Å². The SMILES string of the molecule is CCCN1C(=O)C(CC(=O)O)CC(C(=O)OCC)=C1C(=O)OCC. The summed E-state index contributed by atoms with van der Waals surface area (Å²) >= 11 is 0. The zero-order valence-corrected chi connectivity index (χ0v) is 14.2. The average molecular weight is 341 g/mol. The zero-order chi connectivity index (χ0) is 18.3. The van der Waals surface area contributed by atoms with Crippen LogP contribution in [-0.2, 0) is 28.7 Å². The van der Waals surface area contributed by atoms with Gasteiger partial charge >= 0.3 is 17.9 Å². The third-order valence-electron chi connectivity index (χ3n) is 3.48. The van der Waals surface area contributed by atoms with Gasteiger partial charge in [0.25, 0.3) is 0 Å². The number of carbonyl (C=O) groups is 4. The lowest BCUT2D eigenvalue weighted by Gasteiger charge is -2.33. The molecule has 0 spiro atoms. The molecule has 0 radical (unpaired) electrons. The number of rotatable bonds is 8. The molecule has 1 atom stereocenters. The topological polar surface area (TPSA) is 110 Å². The molecule has 1 aliphatic rings. The Hall–Kier alpha value is -2.38. The summed E-state index contributed by atoms with van der Waals surface area (Å²) in [4.78, 5) is 49.2. The molecule has 0 aliphatic carbocycles. The number of hydrogen-bond acceptors (Lipinski definition) is 6. The first-order chi connectivity index (χ1) is 11.4. The summed E-state index contributed by atoms with van der Waals surface area (Å²) in [6.45, 7) is 5.42. The van der Waals surface area contributed by atoms with E-state index in [0.717, 1.165) is 4.90 Å². The lowest BCUT2D eigenvalue weighted by Crippen LogP contribution is -2.45. The monoisotopic (exact) mass is 341 g/mol. The van der Waals surface area contributed by atoms with Gasteiger partial charge in [-0.3, -0.25) is 9.59 Å². The molecular weight excluding hydrogens is 318 g/mol. The van der Waals surface area contributed by atoms with Gasteiger partial charge in [0.05, 0.1) is 31.1 Å². The van der Waals surface area contributed by atoms with Crippen molar-refractivity contribution in [1.29, 1.82) is 0 Å². The first-order valence-corrected chi connectivity index (χ1v) is 7.97. The molecular formula is C16H23NO7. The first kappa shape index (κ1) is 19.7. The number of esters is 2. The second-order valence-corrected chi connectivity index (χ2v) is 5.26. The Kier molecular flexibility index (Phi) is 7.41. The maximum atomic E-state index is 12.6. The van der Waals surface area contributed by atoms with E-state index >= 15 is 0 Å². The molecule has 1 N–H and O–H groups in total. The number of carboxylic acids is 1. The van der Waals surface area contributed by atoms with Crippen LogP contribution in [-0.4, -0.2) is 53.6 Å². The fraction of sp³-hybridized carbons (Fsp3) is 0.625. The Morgan fingerprint density at radius 2 is 1.71 bits per heavy atom. The average Bonchev–Trinajstić information content (AvgIpc) is 2.51. The maximum Gasteiger partial charge on any atom is 0.355 e. The summed E-state index contributed by atoms with van der Waals surface area (Å²) in [5.41, 5.74) is -0.140.